The van der Waals surface area contributed by atoms with Crippen molar-refractivity contribution in [3.63, 3.8) is 0 Å². The van der Waals surface area contributed by atoms with Gasteiger partial charge in [0.25, 0.3) is 0 Å². The van der Waals surface area contributed by atoms with Gasteiger partial charge < -0.3 is 5.32 Å². The zero-order chi connectivity index (χ0) is 7.40. The van der Waals surface area contributed by atoms with E-state index in [0.717, 1.165) is 19.0 Å². The molecule has 0 amide bonds. The summed E-state index contributed by atoms with van der Waals surface area (Å²) in [7, 11) is 0. The van der Waals surface area contributed by atoms with Crippen LogP contribution in [0.2, 0.25) is 0 Å². The van der Waals surface area contributed by atoms with Crippen molar-refractivity contribution in [2.45, 2.75) is 20.4 Å². The summed E-state index contributed by atoms with van der Waals surface area (Å²) in [6.07, 6.45) is 0. The topological polar surface area (TPSA) is 55.6 Å². The predicted octanol–water partition coefficient (Wildman–Crippen LogP) is 0.125. The number of aryl methyl sites for hydroxylation is 1. The molecular formula is C5H11N5. The Balaban J connectivity index is 2.70. The van der Waals surface area contributed by atoms with Gasteiger partial charge in [-0.2, -0.15) is 0 Å². The van der Waals surface area contributed by atoms with E-state index in [4.69, 9.17) is 0 Å². The molecule has 0 radical (unpaired) electrons. The lowest BCUT2D eigenvalue weighted by molar-refractivity contribution is 0.630. The average Bonchev–Trinajstić information content (AvgIpc) is 2.36. The molecule has 0 aliphatic rings. The Labute approximate surface area is 59.4 Å². The monoisotopic (exact) mass is 141 g/mol. The lowest BCUT2D eigenvalue weighted by Crippen LogP contribution is -2.06. The average molecular weight is 141 g/mol. The van der Waals surface area contributed by atoms with Crippen molar-refractivity contribution in [1.29, 1.82) is 0 Å². The van der Waals surface area contributed by atoms with Gasteiger partial charge in [0, 0.05) is 13.1 Å². The first-order chi connectivity index (χ1) is 4.88. The molecule has 0 aliphatic heterocycles. The minimum Gasteiger partial charge on any atom is -0.353 e. The number of aromatic nitrogens is 4. The highest BCUT2D eigenvalue weighted by Gasteiger charge is 1.99. The Morgan fingerprint density at radius 3 is 2.90 bits per heavy atom. The number of hydrogen-bond donors (Lipinski definition) is 1. The largest absolute Gasteiger partial charge is 0.353 e. The smallest absolute Gasteiger partial charge is 0.242 e. The molecule has 0 aliphatic carbocycles. The molecule has 0 atom stereocenters. The fourth-order valence-corrected chi connectivity index (χ4v) is 0.702. The van der Waals surface area contributed by atoms with Gasteiger partial charge in [-0.05, 0) is 24.3 Å². The summed E-state index contributed by atoms with van der Waals surface area (Å²) >= 11 is 0. The Morgan fingerprint density at radius 2 is 2.30 bits per heavy atom. The zero-order valence-electron chi connectivity index (χ0n) is 6.20. The molecular weight excluding hydrogens is 130 g/mol. The van der Waals surface area contributed by atoms with Crippen LogP contribution in [0.25, 0.3) is 0 Å². The molecule has 0 fully saturated rings. The normalized spacial score (nSPS) is 9.80. The molecule has 0 bridgehead atoms. The van der Waals surface area contributed by atoms with Gasteiger partial charge >= 0.3 is 0 Å². The van der Waals surface area contributed by atoms with Crippen LogP contribution in [0.1, 0.15) is 13.8 Å². The van der Waals surface area contributed by atoms with E-state index < -0.39 is 0 Å². The molecule has 1 aromatic rings. The van der Waals surface area contributed by atoms with Gasteiger partial charge in [0.1, 0.15) is 0 Å². The number of anilines is 1. The van der Waals surface area contributed by atoms with Crippen LogP contribution in [-0.4, -0.2) is 26.8 Å². The summed E-state index contributed by atoms with van der Waals surface area (Å²) in [5.74, 6) is 0.741. The van der Waals surface area contributed by atoms with Crippen molar-refractivity contribution in [3.05, 3.63) is 0 Å². The van der Waals surface area contributed by atoms with Crippen LogP contribution in [0.4, 0.5) is 5.95 Å². The van der Waals surface area contributed by atoms with E-state index in [-0.39, 0.29) is 0 Å². The number of hydrogen-bond acceptors (Lipinski definition) is 4. The van der Waals surface area contributed by atoms with E-state index in [1.807, 2.05) is 13.8 Å². The van der Waals surface area contributed by atoms with E-state index in [1.54, 1.807) is 4.68 Å². The summed E-state index contributed by atoms with van der Waals surface area (Å²) in [5.41, 5.74) is 0. The van der Waals surface area contributed by atoms with Crippen molar-refractivity contribution >= 4 is 5.95 Å². The fourth-order valence-electron chi connectivity index (χ4n) is 0.702. The van der Waals surface area contributed by atoms with Crippen LogP contribution >= 0.6 is 0 Å². The van der Waals surface area contributed by atoms with Gasteiger partial charge in [-0.25, -0.2) is 4.68 Å². The van der Waals surface area contributed by atoms with Crippen molar-refractivity contribution in [3.8, 4) is 0 Å². The number of tetrazole rings is 1. The van der Waals surface area contributed by atoms with Crippen LogP contribution in [0, 0.1) is 0 Å². The van der Waals surface area contributed by atoms with E-state index in [0.29, 0.717) is 0 Å². The highest BCUT2D eigenvalue weighted by Crippen LogP contribution is 1.96. The second-order valence-electron chi connectivity index (χ2n) is 1.85. The van der Waals surface area contributed by atoms with E-state index in [9.17, 15) is 0 Å². The first-order valence-electron chi connectivity index (χ1n) is 3.38. The Kier molecular flexibility index (Phi) is 2.20. The number of rotatable bonds is 3. The Hall–Kier alpha value is -1.13. The second-order valence-corrected chi connectivity index (χ2v) is 1.85. The quantitative estimate of drug-likeness (QED) is 0.649. The van der Waals surface area contributed by atoms with E-state index in [1.165, 1.54) is 0 Å². The molecule has 1 heterocycles. The maximum absolute atomic E-state index is 3.77. The highest BCUT2D eigenvalue weighted by molar-refractivity contribution is 5.20. The van der Waals surface area contributed by atoms with Crippen molar-refractivity contribution < 1.29 is 0 Å². The summed E-state index contributed by atoms with van der Waals surface area (Å²) in [4.78, 5) is 0. The van der Waals surface area contributed by atoms with Gasteiger partial charge in [-0.3, -0.25) is 0 Å². The fraction of sp³-hybridized carbons (Fsp3) is 0.800. The maximum Gasteiger partial charge on any atom is 0.242 e. The number of nitrogens with one attached hydrogen (secondary N) is 1. The molecule has 1 aromatic heterocycles. The van der Waals surface area contributed by atoms with Gasteiger partial charge in [-0.15, -0.1) is 0 Å². The van der Waals surface area contributed by atoms with Crippen LogP contribution in [0.5, 0.6) is 0 Å². The van der Waals surface area contributed by atoms with Gasteiger partial charge in [-0.1, -0.05) is 5.10 Å². The molecule has 10 heavy (non-hydrogen) atoms. The van der Waals surface area contributed by atoms with Crippen LogP contribution in [-0.2, 0) is 6.54 Å². The Morgan fingerprint density at radius 1 is 1.50 bits per heavy atom. The lowest BCUT2D eigenvalue weighted by atomic mass is 10.7. The van der Waals surface area contributed by atoms with Crippen molar-refractivity contribution in [2.75, 3.05) is 11.9 Å². The third-order valence-electron chi connectivity index (χ3n) is 1.17. The molecule has 5 heteroatoms. The standard InChI is InChI=1S/C5H11N5/c1-3-6-5-7-8-9-10(5)4-2/h3-4H2,1-2H3,(H,6,7,9). The summed E-state index contributed by atoms with van der Waals surface area (Å²) in [5, 5.41) is 14.1. The Bertz CT molecular complexity index is 194. The number of nitrogens with zero attached hydrogens (tertiary/aromatic N) is 4. The van der Waals surface area contributed by atoms with Crippen molar-refractivity contribution in [1.82, 2.24) is 20.2 Å². The molecule has 1 rings (SSSR count). The minimum absolute atomic E-state index is 0.741. The van der Waals surface area contributed by atoms with E-state index >= 15 is 0 Å². The predicted molar refractivity (Wildman–Crippen MR) is 37.7 cm³/mol. The third-order valence-corrected chi connectivity index (χ3v) is 1.17. The molecule has 0 saturated carbocycles. The molecule has 0 saturated heterocycles. The van der Waals surface area contributed by atoms with Crippen molar-refractivity contribution in [2.24, 2.45) is 0 Å². The lowest BCUT2D eigenvalue weighted by Gasteiger charge is -1.99. The van der Waals surface area contributed by atoms with Gasteiger partial charge in [0.15, 0.2) is 0 Å². The first kappa shape index (κ1) is 6.98. The van der Waals surface area contributed by atoms with E-state index in [2.05, 4.69) is 20.8 Å². The second kappa shape index (κ2) is 3.14. The molecule has 5 nitrogen and oxygen atoms in total. The molecule has 1 N–H and O–H groups in total. The minimum atomic E-state index is 0.741. The SMILES string of the molecule is CCNc1nnnn1CC. The zero-order valence-corrected chi connectivity index (χ0v) is 6.20. The molecule has 0 spiro atoms. The highest BCUT2D eigenvalue weighted by atomic mass is 15.6. The summed E-state index contributed by atoms with van der Waals surface area (Å²) in [6, 6.07) is 0. The van der Waals surface area contributed by atoms with Gasteiger partial charge in [0.05, 0.1) is 0 Å². The molecule has 0 aromatic carbocycles. The van der Waals surface area contributed by atoms with Crippen LogP contribution in [0.3, 0.4) is 0 Å². The van der Waals surface area contributed by atoms with Gasteiger partial charge in [0.2, 0.25) is 5.95 Å². The molecule has 0 unspecified atom stereocenters. The first-order valence-corrected chi connectivity index (χ1v) is 3.38. The van der Waals surface area contributed by atoms with Crippen LogP contribution in [0.15, 0.2) is 0 Å². The summed E-state index contributed by atoms with van der Waals surface area (Å²) in [6.45, 7) is 5.65. The van der Waals surface area contributed by atoms with Crippen LogP contribution < -0.4 is 5.32 Å². The molecule has 56 valence electrons. The third kappa shape index (κ3) is 1.23. The maximum atomic E-state index is 3.77. The summed E-state index contributed by atoms with van der Waals surface area (Å²) < 4.78 is 1.71.